The molecule has 186 valence electrons. The zero-order valence-corrected chi connectivity index (χ0v) is 20.6. The monoisotopic (exact) mass is 478 g/mol. The highest BCUT2D eigenvalue weighted by molar-refractivity contribution is 5.89. The summed E-state index contributed by atoms with van der Waals surface area (Å²) >= 11 is 0. The number of carbonyl (C=O) groups is 3. The van der Waals surface area contributed by atoms with E-state index in [-0.39, 0.29) is 24.0 Å². The number of carboxylic acids is 1. The fourth-order valence-corrected chi connectivity index (χ4v) is 5.57. The number of amides is 2. The van der Waals surface area contributed by atoms with Crippen LogP contribution in [0.1, 0.15) is 63.0 Å². The van der Waals surface area contributed by atoms with Gasteiger partial charge in [0.25, 0.3) is 0 Å². The van der Waals surface area contributed by atoms with Crippen LogP contribution in [0.15, 0.2) is 48.5 Å². The van der Waals surface area contributed by atoms with E-state index >= 15 is 0 Å². The minimum atomic E-state index is -1.18. The number of alkyl carbamates (subject to hydrolysis) is 1. The van der Waals surface area contributed by atoms with Crippen molar-refractivity contribution >= 4 is 18.0 Å². The molecule has 0 heterocycles. The van der Waals surface area contributed by atoms with Gasteiger partial charge in [-0.05, 0) is 46.9 Å². The SMILES string of the molecule is CN(C(=O)C(CC(=O)O)NC(=O)OCC1c2ccccc2-c2ccccc21)C1CCCC(C)(C)C1. The first kappa shape index (κ1) is 24.8. The maximum absolute atomic E-state index is 13.2. The van der Waals surface area contributed by atoms with Crippen molar-refractivity contribution in [1.29, 1.82) is 0 Å². The van der Waals surface area contributed by atoms with Gasteiger partial charge in [0.1, 0.15) is 12.6 Å². The number of carbonyl (C=O) groups excluding carboxylic acids is 2. The third-order valence-electron chi connectivity index (χ3n) is 7.39. The molecule has 2 unspecified atom stereocenters. The Labute approximate surface area is 206 Å². The first-order valence-corrected chi connectivity index (χ1v) is 12.3. The number of nitrogens with zero attached hydrogens (tertiary/aromatic N) is 1. The second kappa shape index (κ2) is 10.1. The summed E-state index contributed by atoms with van der Waals surface area (Å²) in [6.07, 6.45) is 2.55. The van der Waals surface area contributed by atoms with Crippen molar-refractivity contribution in [2.45, 2.75) is 64.0 Å². The fourth-order valence-electron chi connectivity index (χ4n) is 5.57. The minimum absolute atomic E-state index is 0.0202. The van der Waals surface area contributed by atoms with Gasteiger partial charge in [0.2, 0.25) is 5.91 Å². The standard InChI is InChI=1S/C28H34N2O5/c1-28(2)14-8-9-18(16-28)30(3)26(33)24(15-25(31)32)29-27(34)35-17-23-21-12-6-4-10-19(21)20-11-5-7-13-22(20)23/h4-7,10-13,18,23-24H,8-9,14-17H2,1-3H3,(H,29,34)(H,31,32). The minimum Gasteiger partial charge on any atom is -0.481 e. The van der Waals surface area contributed by atoms with Crippen LogP contribution in [0.5, 0.6) is 0 Å². The lowest BCUT2D eigenvalue weighted by Gasteiger charge is -2.40. The highest BCUT2D eigenvalue weighted by atomic mass is 16.5. The van der Waals surface area contributed by atoms with Crippen LogP contribution < -0.4 is 5.32 Å². The van der Waals surface area contributed by atoms with Gasteiger partial charge in [-0.2, -0.15) is 0 Å². The lowest BCUT2D eigenvalue weighted by Crippen LogP contribution is -2.52. The summed E-state index contributed by atoms with van der Waals surface area (Å²) in [4.78, 5) is 39.0. The number of carboxylic acid groups (broad SMARTS) is 1. The van der Waals surface area contributed by atoms with Gasteiger partial charge in [-0.15, -0.1) is 0 Å². The van der Waals surface area contributed by atoms with Gasteiger partial charge < -0.3 is 20.1 Å². The highest BCUT2D eigenvalue weighted by Gasteiger charge is 2.36. The summed E-state index contributed by atoms with van der Waals surface area (Å²) in [6.45, 7) is 4.46. The molecule has 0 radical (unpaired) electrons. The van der Waals surface area contributed by atoms with E-state index in [9.17, 15) is 19.5 Å². The van der Waals surface area contributed by atoms with E-state index in [2.05, 4.69) is 31.3 Å². The van der Waals surface area contributed by atoms with Crippen molar-refractivity contribution in [3.05, 3.63) is 59.7 Å². The number of hydrogen-bond donors (Lipinski definition) is 2. The Hall–Kier alpha value is -3.35. The maximum atomic E-state index is 13.2. The zero-order chi connectivity index (χ0) is 25.2. The largest absolute Gasteiger partial charge is 0.481 e. The Kier molecular flexibility index (Phi) is 7.15. The van der Waals surface area contributed by atoms with E-state index in [0.717, 1.165) is 47.9 Å². The van der Waals surface area contributed by atoms with Gasteiger partial charge in [-0.3, -0.25) is 9.59 Å². The van der Waals surface area contributed by atoms with E-state index in [4.69, 9.17) is 4.74 Å². The molecule has 35 heavy (non-hydrogen) atoms. The van der Waals surface area contributed by atoms with Crippen molar-refractivity contribution < 1.29 is 24.2 Å². The molecule has 0 spiro atoms. The molecule has 1 fully saturated rings. The van der Waals surface area contributed by atoms with Crippen LogP contribution in [-0.4, -0.2) is 53.7 Å². The van der Waals surface area contributed by atoms with Crippen molar-refractivity contribution in [3.8, 4) is 11.1 Å². The molecule has 0 saturated heterocycles. The molecule has 0 aromatic heterocycles. The predicted molar refractivity (Wildman–Crippen MR) is 133 cm³/mol. The maximum Gasteiger partial charge on any atom is 0.407 e. The van der Waals surface area contributed by atoms with Crippen molar-refractivity contribution in [2.24, 2.45) is 5.41 Å². The normalized spacial score (nSPS) is 19.2. The van der Waals surface area contributed by atoms with Crippen LogP contribution in [-0.2, 0) is 14.3 Å². The van der Waals surface area contributed by atoms with Crippen LogP contribution in [0.25, 0.3) is 11.1 Å². The van der Waals surface area contributed by atoms with Gasteiger partial charge in [-0.25, -0.2) is 4.79 Å². The summed E-state index contributed by atoms with van der Waals surface area (Å²) in [5, 5.41) is 11.9. The molecule has 2 aromatic carbocycles. The van der Waals surface area contributed by atoms with E-state index in [0.29, 0.717) is 0 Å². The number of fused-ring (bicyclic) bond motifs is 3. The van der Waals surface area contributed by atoms with Gasteiger partial charge >= 0.3 is 12.1 Å². The molecule has 0 bridgehead atoms. The average Bonchev–Trinajstić information content (AvgIpc) is 3.14. The first-order chi connectivity index (χ1) is 16.7. The van der Waals surface area contributed by atoms with Gasteiger partial charge in [0.15, 0.2) is 0 Å². The second-order valence-corrected chi connectivity index (χ2v) is 10.5. The van der Waals surface area contributed by atoms with Crippen LogP contribution in [0.4, 0.5) is 4.79 Å². The fraction of sp³-hybridized carbons (Fsp3) is 0.464. The number of hydrogen-bond acceptors (Lipinski definition) is 4. The first-order valence-electron chi connectivity index (χ1n) is 12.3. The number of aliphatic carboxylic acids is 1. The van der Waals surface area contributed by atoms with Crippen LogP contribution in [0.3, 0.4) is 0 Å². The van der Waals surface area contributed by atoms with Gasteiger partial charge in [0, 0.05) is 19.0 Å². The molecule has 2 amide bonds. The van der Waals surface area contributed by atoms with Crippen LogP contribution in [0, 0.1) is 5.41 Å². The Balaban J connectivity index is 1.42. The predicted octanol–water partition coefficient (Wildman–Crippen LogP) is 4.80. The molecule has 2 atom stereocenters. The molecule has 0 aliphatic heterocycles. The summed E-state index contributed by atoms with van der Waals surface area (Å²) in [7, 11) is 1.70. The number of ether oxygens (including phenoxy) is 1. The summed E-state index contributed by atoms with van der Waals surface area (Å²) in [5.74, 6) is -1.67. The van der Waals surface area contributed by atoms with E-state index in [1.165, 1.54) is 0 Å². The molecule has 2 aliphatic carbocycles. The Morgan fingerprint density at radius 2 is 1.69 bits per heavy atom. The Morgan fingerprint density at radius 1 is 1.09 bits per heavy atom. The number of likely N-dealkylation sites (N-methyl/N-ethyl adjacent to an activating group) is 1. The molecule has 2 aromatic rings. The van der Waals surface area contributed by atoms with Crippen molar-refractivity contribution in [3.63, 3.8) is 0 Å². The molecule has 7 heteroatoms. The number of rotatable bonds is 7. The van der Waals surface area contributed by atoms with E-state index < -0.39 is 30.4 Å². The van der Waals surface area contributed by atoms with Gasteiger partial charge in [0.05, 0.1) is 6.42 Å². The Bertz CT molecular complexity index is 1070. The molecule has 2 N–H and O–H groups in total. The molecule has 1 saturated carbocycles. The topological polar surface area (TPSA) is 95.9 Å². The number of nitrogens with one attached hydrogen (secondary N) is 1. The summed E-state index contributed by atoms with van der Waals surface area (Å²) < 4.78 is 5.55. The molecular formula is C28H34N2O5. The molecule has 7 nitrogen and oxygen atoms in total. The zero-order valence-electron chi connectivity index (χ0n) is 20.6. The lowest BCUT2D eigenvalue weighted by atomic mass is 9.74. The lowest BCUT2D eigenvalue weighted by molar-refractivity contribution is -0.143. The average molecular weight is 479 g/mol. The second-order valence-electron chi connectivity index (χ2n) is 10.5. The smallest absolute Gasteiger partial charge is 0.407 e. The Morgan fingerprint density at radius 3 is 2.26 bits per heavy atom. The van der Waals surface area contributed by atoms with Crippen LogP contribution in [0.2, 0.25) is 0 Å². The van der Waals surface area contributed by atoms with Gasteiger partial charge in [-0.1, -0.05) is 68.8 Å². The molecule has 4 rings (SSSR count). The summed E-state index contributed by atoms with van der Waals surface area (Å²) in [6, 6.07) is 14.9. The molecular weight excluding hydrogens is 444 g/mol. The van der Waals surface area contributed by atoms with E-state index in [1.807, 2.05) is 36.4 Å². The quantitative estimate of drug-likeness (QED) is 0.596. The van der Waals surface area contributed by atoms with Crippen molar-refractivity contribution in [2.75, 3.05) is 13.7 Å². The van der Waals surface area contributed by atoms with Crippen molar-refractivity contribution in [1.82, 2.24) is 10.2 Å². The third kappa shape index (κ3) is 5.50. The summed E-state index contributed by atoms with van der Waals surface area (Å²) in [5.41, 5.74) is 4.53. The highest BCUT2D eigenvalue weighted by Crippen LogP contribution is 2.44. The third-order valence-corrected chi connectivity index (χ3v) is 7.39. The van der Waals surface area contributed by atoms with E-state index in [1.54, 1.807) is 11.9 Å². The van der Waals surface area contributed by atoms with Crippen LogP contribution >= 0.6 is 0 Å². The molecule has 2 aliphatic rings. The number of benzene rings is 2.